The molecule has 0 fully saturated rings. The summed E-state index contributed by atoms with van der Waals surface area (Å²) in [5.41, 5.74) is 4.69. The predicted octanol–water partition coefficient (Wildman–Crippen LogP) is 7.60. The van der Waals surface area contributed by atoms with Gasteiger partial charge >= 0.3 is 0 Å². The van der Waals surface area contributed by atoms with Crippen LogP contribution in [0, 0.1) is 3.70 Å². The van der Waals surface area contributed by atoms with Crippen molar-refractivity contribution >= 4 is 61.7 Å². The van der Waals surface area contributed by atoms with Gasteiger partial charge in [-0.1, -0.05) is 35.3 Å². The SMILES string of the molecule is CC(C)(c1cccc(-c2ccc(Cl)nc2Cl)n1)c1cccc(-c2ccc(Br)nc2I)n1. The zero-order valence-corrected chi connectivity index (χ0v) is 21.8. The predicted molar refractivity (Wildman–Crippen MR) is 138 cm³/mol. The number of rotatable bonds is 4. The van der Waals surface area contributed by atoms with Crippen LogP contribution >= 0.6 is 61.7 Å². The molecule has 0 saturated carbocycles. The van der Waals surface area contributed by atoms with E-state index in [2.05, 4.69) is 62.3 Å². The monoisotopic (exact) mass is 624 g/mol. The first kappa shape index (κ1) is 22.6. The molecule has 4 nitrogen and oxygen atoms in total. The van der Waals surface area contributed by atoms with Gasteiger partial charge in [-0.15, -0.1) is 0 Å². The molecule has 0 unspecified atom stereocenters. The van der Waals surface area contributed by atoms with Crippen molar-refractivity contribution in [2.24, 2.45) is 0 Å². The smallest absolute Gasteiger partial charge is 0.140 e. The molecule has 4 aromatic heterocycles. The molecule has 0 aromatic carbocycles. The second kappa shape index (κ2) is 9.10. The maximum absolute atomic E-state index is 6.30. The lowest BCUT2D eigenvalue weighted by molar-refractivity contribution is 0.597. The first-order chi connectivity index (χ1) is 14.8. The second-order valence-corrected chi connectivity index (χ2v) is 9.97. The molecule has 0 atom stereocenters. The summed E-state index contributed by atoms with van der Waals surface area (Å²) in [7, 11) is 0. The number of aromatic nitrogens is 4. The summed E-state index contributed by atoms with van der Waals surface area (Å²) >= 11 is 17.9. The molecule has 0 saturated heterocycles. The van der Waals surface area contributed by atoms with E-state index in [0.29, 0.717) is 10.3 Å². The van der Waals surface area contributed by atoms with Gasteiger partial charge in [0.05, 0.1) is 22.8 Å². The van der Waals surface area contributed by atoms with E-state index < -0.39 is 5.41 Å². The van der Waals surface area contributed by atoms with Gasteiger partial charge in [0.1, 0.15) is 18.6 Å². The molecule has 0 aliphatic heterocycles. The average Bonchev–Trinajstić information content (AvgIpc) is 2.74. The standard InChI is InChI=1S/C23H16BrCl2IN4/c1-23(2,17-7-3-5-15(28-17)13-10-12-20(25)31-21(13)26)18-8-4-6-16(29-18)14-9-11-19(24)30-22(14)27/h3-12H,1-2H3. The van der Waals surface area contributed by atoms with Crippen LogP contribution < -0.4 is 0 Å². The fraction of sp³-hybridized carbons (Fsp3) is 0.130. The molecule has 4 aromatic rings. The van der Waals surface area contributed by atoms with Crippen LogP contribution in [0.5, 0.6) is 0 Å². The first-order valence-corrected chi connectivity index (χ1v) is 12.0. The van der Waals surface area contributed by atoms with Crippen LogP contribution in [-0.4, -0.2) is 19.9 Å². The van der Waals surface area contributed by atoms with Crippen LogP contribution in [0.25, 0.3) is 22.5 Å². The fourth-order valence-electron chi connectivity index (χ4n) is 3.20. The average molecular weight is 626 g/mol. The number of hydrogen-bond donors (Lipinski definition) is 0. The molecule has 156 valence electrons. The maximum atomic E-state index is 6.30. The molecule has 0 radical (unpaired) electrons. The van der Waals surface area contributed by atoms with Gasteiger partial charge in [-0.3, -0.25) is 9.97 Å². The summed E-state index contributed by atoms with van der Waals surface area (Å²) in [4.78, 5) is 18.5. The van der Waals surface area contributed by atoms with Gasteiger partial charge in [0.25, 0.3) is 0 Å². The second-order valence-electron chi connectivity index (χ2n) is 7.39. The highest BCUT2D eigenvalue weighted by molar-refractivity contribution is 14.1. The molecule has 8 heteroatoms. The fourth-order valence-corrected chi connectivity index (χ4v) is 5.00. The maximum Gasteiger partial charge on any atom is 0.140 e. The quantitative estimate of drug-likeness (QED) is 0.173. The summed E-state index contributed by atoms with van der Waals surface area (Å²) in [5.74, 6) is 0. The van der Waals surface area contributed by atoms with E-state index in [9.17, 15) is 0 Å². The van der Waals surface area contributed by atoms with Gasteiger partial charge in [0.2, 0.25) is 0 Å². The molecule has 0 amide bonds. The molecule has 0 spiro atoms. The van der Waals surface area contributed by atoms with Crippen molar-refractivity contribution in [2.45, 2.75) is 19.3 Å². The summed E-state index contributed by atoms with van der Waals surface area (Å²) < 4.78 is 1.69. The Labute approximate surface area is 212 Å². The Morgan fingerprint density at radius 3 is 1.90 bits per heavy atom. The minimum Gasteiger partial charge on any atom is -0.252 e. The van der Waals surface area contributed by atoms with Crippen molar-refractivity contribution in [1.82, 2.24) is 19.9 Å². The van der Waals surface area contributed by atoms with Crippen LogP contribution in [0.15, 0.2) is 65.3 Å². The molecule has 0 N–H and O–H groups in total. The highest BCUT2D eigenvalue weighted by Gasteiger charge is 2.27. The largest absolute Gasteiger partial charge is 0.252 e. The molecule has 4 rings (SSSR count). The Balaban J connectivity index is 1.75. The third-order valence-electron chi connectivity index (χ3n) is 4.96. The van der Waals surface area contributed by atoms with Crippen LogP contribution in [-0.2, 0) is 5.41 Å². The number of pyridine rings is 4. The Kier molecular flexibility index (Phi) is 6.62. The summed E-state index contributed by atoms with van der Waals surface area (Å²) in [6.45, 7) is 4.22. The Hall–Kier alpha value is -1.61. The normalized spacial score (nSPS) is 11.5. The lowest BCUT2D eigenvalue weighted by Gasteiger charge is -2.25. The summed E-state index contributed by atoms with van der Waals surface area (Å²) in [6.07, 6.45) is 0. The number of hydrogen-bond acceptors (Lipinski definition) is 4. The minimum atomic E-state index is -0.438. The van der Waals surface area contributed by atoms with Crippen molar-refractivity contribution in [3.63, 3.8) is 0 Å². The Bertz CT molecular complexity index is 1180. The zero-order chi connectivity index (χ0) is 22.2. The molecule has 31 heavy (non-hydrogen) atoms. The van der Waals surface area contributed by atoms with E-state index in [-0.39, 0.29) is 0 Å². The van der Waals surface area contributed by atoms with Crippen LogP contribution in [0.3, 0.4) is 0 Å². The van der Waals surface area contributed by atoms with Gasteiger partial charge in [0, 0.05) is 16.5 Å². The summed E-state index contributed by atoms with van der Waals surface area (Å²) in [6, 6.07) is 19.4. The van der Waals surface area contributed by atoms with E-state index in [1.807, 2.05) is 54.6 Å². The Morgan fingerprint density at radius 2 is 1.32 bits per heavy atom. The van der Waals surface area contributed by atoms with Crippen molar-refractivity contribution < 1.29 is 0 Å². The van der Waals surface area contributed by atoms with E-state index >= 15 is 0 Å². The third kappa shape index (κ3) is 4.77. The number of halogens is 4. The third-order valence-corrected chi connectivity index (χ3v) is 6.72. The van der Waals surface area contributed by atoms with Crippen molar-refractivity contribution in [3.8, 4) is 22.5 Å². The summed E-state index contributed by atoms with van der Waals surface area (Å²) in [5, 5.41) is 0.677. The molecule has 4 heterocycles. The van der Waals surface area contributed by atoms with E-state index in [4.69, 9.17) is 33.2 Å². The van der Waals surface area contributed by atoms with Crippen LogP contribution in [0.2, 0.25) is 10.3 Å². The van der Waals surface area contributed by atoms with Crippen LogP contribution in [0.4, 0.5) is 0 Å². The van der Waals surface area contributed by atoms with Gasteiger partial charge in [0.15, 0.2) is 0 Å². The van der Waals surface area contributed by atoms with E-state index in [1.165, 1.54) is 0 Å². The van der Waals surface area contributed by atoms with Gasteiger partial charge in [-0.05, 0) is 101 Å². The number of nitrogens with zero attached hydrogens (tertiary/aromatic N) is 4. The molecule has 0 aliphatic carbocycles. The van der Waals surface area contributed by atoms with Gasteiger partial charge in [-0.2, -0.15) is 0 Å². The zero-order valence-electron chi connectivity index (χ0n) is 16.6. The lowest BCUT2D eigenvalue weighted by atomic mass is 9.84. The molecule has 0 aliphatic rings. The highest BCUT2D eigenvalue weighted by atomic mass is 127. The van der Waals surface area contributed by atoms with Crippen molar-refractivity contribution in [1.29, 1.82) is 0 Å². The van der Waals surface area contributed by atoms with Crippen LogP contribution in [0.1, 0.15) is 25.2 Å². The van der Waals surface area contributed by atoms with E-state index in [0.717, 1.165) is 42.2 Å². The minimum absolute atomic E-state index is 0.326. The van der Waals surface area contributed by atoms with Crippen molar-refractivity contribution in [3.05, 3.63) is 90.7 Å². The van der Waals surface area contributed by atoms with Gasteiger partial charge < -0.3 is 0 Å². The Morgan fingerprint density at radius 1 is 0.742 bits per heavy atom. The molecule has 0 bridgehead atoms. The van der Waals surface area contributed by atoms with Gasteiger partial charge in [-0.25, -0.2) is 9.97 Å². The molecular formula is C23H16BrCl2IN4. The lowest BCUT2D eigenvalue weighted by Crippen LogP contribution is -2.22. The van der Waals surface area contributed by atoms with Crippen molar-refractivity contribution in [2.75, 3.05) is 0 Å². The van der Waals surface area contributed by atoms with E-state index in [1.54, 1.807) is 6.07 Å². The topological polar surface area (TPSA) is 51.6 Å². The molecular weight excluding hydrogens is 610 g/mol. The highest BCUT2D eigenvalue weighted by Crippen LogP contribution is 2.34. The first-order valence-electron chi connectivity index (χ1n) is 9.35.